The third-order valence-electron chi connectivity index (χ3n) is 5.13. The van der Waals surface area contributed by atoms with E-state index in [1.54, 1.807) is 12.1 Å². The van der Waals surface area contributed by atoms with Crippen LogP contribution in [0.2, 0.25) is 0 Å². The van der Waals surface area contributed by atoms with Crippen LogP contribution in [0.25, 0.3) is 0 Å². The van der Waals surface area contributed by atoms with Gasteiger partial charge < -0.3 is 5.32 Å². The summed E-state index contributed by atoms with van der Waals surface area (Å²) in [5.41, 5.74) is 1.21. The lowest BCUT2D eigenvalue weighted by atomic mass is 9.91. The molecule has 1 saturated heterocycles. The highest BCUT2D eigenvalue weighted by Crippen LogP contribution is 2.22. The average molecular weight is 304 g/mol. The van der Waals surface area contributed by atoms with Gasteiger partial charge >= 0.3 is 0 Å². The van der Waals surface area contributed by atoms with Crippen LogP contribution in [-0.4, -0.2) is 30.1 Å². The minimum Gasteiger partial charge on any atom is -0.310 e. The van der Waals surface area contributed by atoms with E-state index in [0.29, 0.717) is 6.04 Å². The third kappa shape index (κ3) is 4.53. The molecule has 22 heavy (non-hydrogen) atoms. The normalized spacial score (nSPS) is 27.9. The molecule has 1 aromatic carbocycles. The van der Waals surface area contributed by atoms with Crippen molar-refractivity contribution in [2.45, 2.75) is 64.1 Å². The summed E-state index contributed by atoms with van der Waals surface area (Å²) in [5, 5.41) is 3.91. The van der Waals surface area contributed by atoms with E-state index in [0.717, 1.165) is 31.6 Å². The number of hydrogen-bond donors (Lipinski definition) is 1. The number of piperidine rings is 1. The molecule has 1 aromatic rings. The Morgan fingerprint density at radius 3 is 2.50 bits per heavy atom. The van der Waals surface area contributed by atoms with Crippen LogP contribution >= 0.6 is 0 Å². The van der Waals surface area contributed by atoms with Crippen LogP contribution in [-0.2, 0) is 6.54 Å². The van der Waals surface area contributed by atoms with Gasteiger partial charge in [0.05, 0.1) is 0 Å². The van der Waals surface area contributed by atoms with Crippen LogP contribution in [0.3, 0.4) is 0 Å². The Labute approximate surface area is 134 Å². The molecule has 2 atom stereocenters. The van der Waals surface area contributed by atoms with Crippen LogP contribution in [0.4, 0.5) is 4.39 Å². The topological polar surface area (TPSA) is 15.3 Å². The molecule has 1 saturated carbocycles. The molecule has 0 amide bonds. The first kappa shape index (κ1) is 15.9. The van der Waals surface area contributed by atoms with Crippen molar-refractivity contribution in [2.75, 3.05) is 13.1 Å². The molecule has 1 N–H and O–H groups in total. The van der Waals surface area contributed by atoms with Gasteiger partial charge in [0.15, 0.2) is 0 Å². The number of nitrogens with one attached hydrogen (secondary N) is 1. The zero-order chi connectivity index (χ0) is 15.4. The molecule has 2 nitrogen and oxygen atoms in total. The SMILES string of the molecule is CC1CC(NC2CCCCC2)CN(Cc2ccc(F)cc2)C1. The molecule has 1 aliphatic heterocycles. The fraction of sp³-hybridized carbons (Fsp3) is 0.684. The summed E-state index contributed by atoms with van der Waals surface area (Å²) in [5.74, 6) is 0.586. The van der Waals surface area contributed by atoms with Crippen LogP contribution in [0.15, 0.2) is 24.3 Å². The number of likely N-dealkylation sites (tertiary alicyclic amines) is 1. The Hall–Kier alpha value is -0.930. The van der Waals surface area contributed by atoms with Gasteiger partial charge in [-0.1, -0.05) is 38.3 Å². The molecule has 0 bridgehead atoms. The van der Waals surface area contributed by atoms with Gasteiger partial charge in [-0.3, -0.25) is 4.90 Å². The van der Waals surface area contributed by atoms with E-state index in [1.165, 1.54) is 44.1 Å². The molecular formula is C19H29FN2. The van der Waals surface area contributed by atoms with E-state index in [9.17, 15) is 4.39 Å². The Bertz CT molecular complexity index is 453. The first-order valence-electron chi connectivity index (χ1n) is 8.92. The van der Waals surface area contributed by atoms with Crippen LogP contribution in [0.5, 0.6) is 0 Å². The maximum atomic E-state index is 13.0. The molecule has 3 rings (SSSR count). The van der Waals surface area contributed by atoms with Crippen LogP contribution in [0, 0.1) is 11.7 Å². The maximum Gasteiger partial charge on any atom is 0.123 e. The van der Waals surface area contributed by atoms with Gasteiger partial charge in [-0.2, -0.15) is 0 Å². The molecule has 122 valence electrons. The molecule has 0 aromatic heterocycles. The van der Waals surface area contributed by atoms with Crippen molar-refractivity contribution in [1.29, 1.82) is 0 Å². The van der Waals surface area contributed by atoms with Crippen molar-refractivity contribution < 1.29 is 4.39 Å². The van der Waals surface area contributed by atoms with E-state index >= 15 is 0 Å². The minimum atomic E-state index is -0.146. The van der Waals surface area contributed by atoms with Crippen LogP contribution in [0.1, 0.15) is 51.0 Å². The molecule has 1 aliphatic carbocycles. The molecule has 3 heteroatoms. The fourth-order valence-electron chi connectivity index (χ4n) is 4.16. The fourth-order valence-corrected chi connectivity index (χ4v) is 4.16. The predicted octanol–water partition coefficient (Wildman–Crippen LogP) is 3.96. The molecule has 0 radical (unpaired) electrons. The van der Waals surface area contributed by atoms with Gasteiger partial charge in [-0.05, 0) is 42.9 Å². The van der Waals surface area contributed by atoms with Crippen molar-refractivity contribution in [3.05, 3.63) is 35.6 Å². The van der Waals surface area contributed by atoms with E-state index in [2.05, 4.69) is 17.1 Å². The molecule has 2 unspecified atom stereocenters. The number of nitrogens with zero attached hydrogens (tertiary/aromatic N) is 1. The number of rotatable bonds is 4. The first-order valence-corrected chi connectivity index (χ1v) is 8.92. The monoisotopic (exact) mass is 304 g/mol. The van der Waals surface area contributed by atoms with E-state index in [4.69, 9.17) is 0 Å². The zero-order valence-corrected chi connectivity index (χ0v) is 13.7. The standard InChI is InChI=1S/C19H29FN2/c1-15-11-19(21-18-5-3-2-4-6-18)14-22(12-15)13-16-7-9-17(20)10-8-16/h7-10,15,18-19,21H,2-6,11-14H2,1H3. The highest BCUT2D eigenvalue weighted by molar-refractivity contribution is 5.16. The number of benzene rings is 1. The minimum absolute atomic E-state index is 0.146. The first-order chi connectivity index (χ1) is 10.7. The van der Waals surface area contributed by atoms with Crippen molar-refractivity contribution in [3.8, 4) is 0 Å². The summed E-state index contributed by atoms with van der Waals surface area (Å²) in [6, 6.07) is 8.32. The lowest BCUT2D eigenvalue weighted by molar-refractivity contribution is 0.132. The summed E-state index contributed by atoms with van der Waals surface area (Å²) in [4.78, 5) is 2.53. The smallest absolute Gasteiger partial charge is 0.123 e. The van der Waals surface area contributed by atoms with Crippen molar-refractivity contribution in [3.63, 3.8) is 0 Å². The van der Waals surface area contributed by atoms with E-state index in [1.807, 2.05) is 12.1 Å². The van der Waals surface area contributed by atoms with Crippen molar-refractivity contribution in [1.82, 2.24) is 10.2 Å². The lowest BCUT2D eigenvalue weighted by Crippen LogP contribution is -2.51. The third-order valence-corrected chi connectivity index (χ3v) is 5.13. The molecular weight excluding hydrogens is 275 g/mol. The van der Waals surface area contributed by atoms with Gasteiger partial charge in [0.25, 0.3) is 0 Å². The second-order valence-electron chi connectivity index (χ2n) is 7.36. The van der Waals surface area contributed by atoms with Crippen LogP contribution < -0.4 is 5.32 Å². The largest absolute Gasteiger partial charge is 0.310 e. The quantitative estimate of drug-likeness (QED) is 0.906. The van der Waals surface area contributed by atoms with E-state index < -0.39 is 0 Å². The van der Waals surface area contributed by atoms with Gasteiger partial charge in [-0.25, -0.2) is 4.39 Å². The zero-order valence-electron chi connectivity index (χ0n) is 13.7. The molecule has 2 aliphatic rings. The summed E-state index contributed by atoms with van der Waals surface area (Å²) >= 11 is 0. The molecule has 0 spiro atoms. The van der Waals surface area contributed by atoms with E-state index in [-0.39, 0.29) is 5.82 Å². The highest BCUT2D eigenvalue weighted by atomic mass is 19.1. The number of halogens is 1. The van der Waals surface area contributed by atoms with Crippen molar-refractivity contribution >= 4 is 0 Å². The second kappa shape index (κ2) is 7.56. The number of hydrogen-bond acceptors (Lipinski definition) is 2. The maximum absolute atomic E-state index is 13.0. The Kier molecular flexibility index (Phi) is 5.48. The van der Waals surface area contributed by atoms with Gasteiger partial charge in [-0.15, -0.1) is 0 Å². The average Bonchev–Trinajstić information content (AvgIpc) is 2.50. The van der Waals surface area contributed by atoms with Crippen molar-refractivity contribution in [2.24, 2.45) is 5.92 Å². The predicted molar refractivity (Wildman–Crippen MR) is 89.3 cm³/mol. The summed E-state index contributed by atoms with van der Waals surface area (Å²) in [6.45, 7) is 5.57. The molecule has 2 fully saturated rings. The Balaban J connectivity index is 1.54. The molecule has 1 heterocycles. The highest BCUT2D eigenvalue weighted by Gasteiger charge is 2.26. The lowest BCUT2D eigenvalue weighted by Gasteiger charge is -2.39. The Morgan fingerprint density at radius 2 is 1.77 bits per heavy atom. The summed E-state index contributed by atoms with van der Waals surface area (Å²) in [7, 11) is 0. The van der Waals surface area contributed by atoms with Gasteiger partial charge in [0.1, 0.15) is 5.82 Å². The Morgan fingerprint density at radius 1 is 1.05 bits per heavy atom. The second-order valence-corrected chi connectivity index (χ2v) is 7.36. The summed E-state index contributed by atoms with van der Waals surface area (Å²) in [6.07, 6.45) is 8.18. The van der Waals surface area contributed by atoms with Gasteiger partial charge in [0.2, 0.25) is 0 Å². The van der Waals surface area contributed by atoms with Gasteiger partial charge in [0, 0.05) is 31.7 Å². The summed E-state index contributed by atoms with van der Waals surface area (Å²) < 4.78 is 13.0.